The lowest BCUT2D eigenvalue weighted by Gasteiger charge is -2.33. The van der Waals surface area contributed by atoms with Crippen LogP contribution in [0, 0.1) is 11.6 Å². The predicted molar refractivity (Wildman–Crippen MR) is 102 cm³/mol. The third-order valence-electron chi connectivity index (χ3n) is 4.87. The number of anilines is 1. The standard InChI is InChI=1S/C19H17F2N5O3/c1-24-6-8-25(9-7-24)18-14(21)10-13-16(27)15(19(28)29)23-26(17(13)22-18)12-4-2-11(20)3-5-12/h2-5,10H,6-9H2,1H3,(H,28,29). The van der Waals surface area contributed by atoms with E-state index in [1.54, 1.807) is 4.90 Å². The average molecular weight is 401 g/mol. The third-order valence-corrected chi connectivity index (χ3v) is 4.87. The van der Waals surface area contributed by atoms with E-state index in [9.17, 15) is 23.5 Å². The van der Waals surface area contributed by atoms with Crippen molar-refractivity contribution in [3.63, 3.8) is 0 Å². The van der Waals surface area contributed by atoms with E-state index in [4.69, 9.17) is 0 Å². The number of carboxylic acid groups (broad SMARTS) is 1. The number of carbonyl (C=O) groups is 1. The first kappa shape index (κ1) is 18.9. The van der Waals surface area contributed by atoms with E-state index in [1.807, 2.05) is 7.05 Å². The van der Waals surface area contributed by atoms with Crippen LogP contribution in [0.1, 0.15) is 10.5 Å². The fourth-order valence-corrected chi connectivity index (χ4v) is 3.26. The van der Waals surface area contributed by atoms with Gasteiger partial charge in [0.15, 0.2) is 17.3 Å². The van der Waals surface area contributed by atoms with E-state index in [0.29, 0.717) is 18.8 Å². The van der Waals surface area contributed by atoms with Crippen molar-refractivity contribution in [3.05, 3.63) is 57.9 Å². The molecule has 0 aliphatic carbocycles. The summed E-state index contributed by atoms with van der Waals surface area (Å²) < 4.78 is 29.3. The van der Waals surface area contributed by atoms with Crippen LogP contribution in [0.25, 0.3) is 16.7 Å². The average Bonchev–Trinajstić information content (AvgIpc) is 2.70. The van der Waals surface area contributed by atoms with Gasteiger partial charge in [-0.2, -0.15) is 5.10 Å². The Morgan fingerprint density at radius 2 is 1.76 bits per heavy atom. The second-order valence-corrected chi connectivity index (χ2v) is 6.83. The monoisotopic (exact) mass is 401 g/mol. The van der Waals surface area contributed by atoms with Gasteiger partial charge >= 0.3 is 5.97 Å². The third kappa shape index (κ3) is 3.42. The molecule has 4 rings (SSSR count). The minimum Gasteiger partial charge on any atom is -0.476 e. The van der Waals surface area contributed by atoms with Gasteiger partial charge in [0.2, 0.25) is 11.1 Å². The molecule has 0 radical (unpaired) electrons. The molecule has 150 valence electrons. The Hall–Kier alpha value is -3.40. The Bertz CT molecular complexity index is 1160. The Balaban J connectivity index is 1.97. The van der Waals surface area contributed by atoms with Gasteiger partial charge in [0.25, 0.3) is 0 Å². The number of pyridine rings is 1. The highest BCUT2D eigenvalue weighted by molar-refractivity contribution is 5.90. The number of carboxylic acids is 1. The molecule has 0 unspecified atom stereocenters. The van der Waals surface area contributed by atoms with Crippen molar-refractivity contribution in [1.82, 2.24) is 19.7 Å². The van der Waals surface area contributed by atoms with Gasteiger partial charge in [0.1, 0.15) is 5.82 Å². The van der Waals surface area contributed by atoms with Crippen LogP contribution in [-0.4, -0.2) is 64.0 Å². The summed E-state index contributed by atoms with van der Waals surface area (Å²) in [5.41, 5.74) is -1.40. The summed E-state index contributed by atoms with van der Waals surface area (Å²) in [7, 11) is 1.96. The van der Waals surface area contributed by atoms with Crippen LogP contribution >= 0.6 is 0 Å². The first-order valence-electron chi connectivity index (χ1n) is 8.91. The minimum atomic E-state index is -1.55. The number of likely N-dealkylation sites (N-methyl/N-ethyl adjacent to an activating group) is 1. The second-order valence-electron chi connectivity index (χ2n) is 6.83. The smallest absolute Gasteiger partial charge is 0.360 e. The van der Waals surface area contributed by atoms with E-state index in [1.165, 1.54) is 24.3 Å². The molecule has 0 atom stereocenters. The quantitative estimate of drug-likeness (QED) is 0.711. The van der Waals surface area contributed by atoms with Crippen molar-refractivity contribution in [2.75, 3.05) is 38.1 Å². The molecule has 0 amide bonds. The van der Waals surface area contributed by atoms with Crippen molar-refractivity contribution >= 4 is 22.8 Å². The van der Waals surface area contributed by atoms with Gasteiger partial charge in [-0.25, -0.2) is 23.2 Å². The van der Waals surface area contributed by atoms with Crippen molar-refractivity contribution in [2.45, 2.75) is 0 Å². The summed E-state index contributed by atoms with van der Waals surface area (Å²) in [4.78, 5) is 32.2. The first-order chi connectivity index (χ1) is 13.8. The zero-order valence-corrected chi connectivity index (χ0v) is 15.5. The molecule has 0 saturated carbocycles. The summed E-state index contributed by atoms with van der Waals surface area (Å²) in [5.74, 6) is -2.69. The number of aromatic nitrogens is 3. The topological polar surface area (TPSA) is 91.6 Å². The lowest BCUT2D eigenvalue weighted by Crippen LogP contribution is -2.45. The molecule has 0 spiro atoms. The SMILES string of the molecule is CN1CCN(c2nc3c(cc2F)c(=O)c(C(=O)O)nn3-c2ccc(F)cc2)CC1. The molecule has 3 heterocycles. The Morgan fingerprint density at radius 1 is 1.10 bits per heavy atom. The van der Waals surface area contributed by atoms with E-state index >= 15 is 0 Å². The summed E-state index contributed by atoms with van der Waals surface area (Å²) in [6.45, 7) is 2.54. The molecule has 1 N–H and O–H groups in total. The highest BCUT2D eigenvalue weighted by atomic mass is 19.1. The normalized spacial score (nSPS) is 15.1. The van der Waals surface area contributed by atoms with Crippen LogP contribution in [-0.2, 0) is 0 Å². The number of fused-ring (bicyclic) bond motifs is 1. The molecule has 1 saturated heterocycles. The van der Waals surface area contributed by atoms with Gasteiger partial charge < -0.3 is 14.9 Å². The van der Waals surface area contributed by atoms with Crippen molar-refractivity contribution in [2.24, 2.45) is 0 Å². The number of hydrogen-bond acceptors (Lipinski definition) is 6. The summed E-state index contributed by atoms with van der Waals surface area (Å²) >= 11 is 0. The van der Waals surface area contributed by atoms with Crippen molar-refractivity contribution in [1.29, 1.82) is 0 Å². The Labute approximate surface area is 163 Å². The molecular weight excluding hydrogens is 384 g/mol. The number of aromatic carboxylic acids is 1. The van der Waals surface area contributed by atoms with Gasteiger partial charge in [-0.1, -0.05) is 0 Å². The molecular formula is C19H17F2N5O3. The van der Waals surface area contributed by atoms with Crippen LogP contribution in [0.15, 0.2) is 35.1 Å². The molecule has 1 fully saturated rings. The minimum absolute atomic E-state index is 0.00179. The number of rotatable bonds is 3. The molecule has 0 bridgehead atoms. The zero-order valence-electron chi connectivity index (χ0n) is 15.5. The molecule has 2 aromatic heterocycles. The fourth-order valence-electron chi connectivity index (χ4n) is 3.26. The van der Waals surface area contributed by atoms with E-state index < -0.39 is 28.7 Å². The number of hydrogen-bond donors (Lipinski definition) is 1. The van der Waals surface area contributed by atoms with Crippen LogP contribution in [0.4, 0.5) is 14.6 Å². The fraction of sp³-hybridized carbons (Fsp3) is 0.263. The van der Waals surface area contributed by atoms with Crippen LogP contribution in [0.5, 0.6) is 0 Å². The van der Waals surface area contributed by atoms with E-state index in [-0.39, 0.29) is 16.9 Å². The second kappa shape index (κ2) is 7.21. The Kier molecular flexibility index (Phi) is 4.71. The number of piperazine rings is 1. The maximum Gasteiger partial charge on any atom is 0.360 e. The van der Waals surface area contributed by atoms with Gasteiger partial charge in [-0.15, -0.1) is 0 Å². The molecule has 1 aliphatic rings. The number of benzene rings is 1. The highest BCUT2D eigenvalue weighted by Crippen LogP contribution is 2.23. The number of nitrogens with zero attached hydrogens (tertiary/aromatic N) is 5. The molecule has 1 aromatic carbocycles. The summed E-state index contributed by atoms with van der Waals surface area (Å²) in [6.07, 6.45) is 0. The highest BCUT2D eigenvalue weighted by Gasteiger charge is 2.24. The predicted octanol–water partition coefficient (Wildman–Crippen LogP) is 1.51. The molecule has 10 heteroatoms. The van der Waals surface area contributed by atoms with Crippen molar-refractivity contribution < 1.29 is 18.7 Å². The van der Waals surface area contributed by atoms with Gasteiger partial charge in [-0.3, -0.25) is 4.79 Å². The van der Waals surface area contributed by atoms with Gasteiger partial charge in [0.05, 0.1) is 11.1 Å². The van der Waals surface area contributed by atoms with Crippen molar-refractivity contribution in [3.8, 4) is 5.69 Å². The lowest BCUT2D eigenvalue weighted by atomic mass is 10.2. The van der Waals surface area contributed by atoms with Crippen LogP contribution < -0.4 is 10.3 Å². The zero-order chi connectivity index (χ0) is 20.7. The lowest BCUT2D eigenvalue weighted by molar-refractivity contribution is 0.0687. The molecule has 29 heavy (non-hydrogen) atoms. The van der Waals surface area contributed by atoms with Crippen LogP contribution in [0.2, 0.25) is 0 Å². The largest absolute Gasteiger partial charge is 0.476 e. The maximum atomic E-state index is 14.8. The number of halogens is 2. The summed E-state index contributed by atoms with van der Waals surface area (Å²) in [6, 6.07) is 6.09. The first-order valence-corrected chi connectivity index (χ1v) is 8.91. The maximum absolute atomic E-state index is 14.8. The molecule has 3 aromatic rings. The van der Waals surface area contributed by atoms with Gasteiger partial charge in [-0.05, 0) is 37.4 Å². The van der Waals surface area contributed by atoms with E-state index in [0.717, 1.165) is 23.8 Å². The van der Waals surface area contributed by atoms with Crippen LogP contribution in [0.3, 0.4) is 0 Å². The molecule has 1 aliphatic heterocycles. The molecule has 8 nitrogen and oxygen atoms in total. The summed E-state index contributed by atoms with van der Waals surface area (Å²) in [5, 5.41) is 13.0. The Morgan fingerprint density at radius 3 is 2.38 bits per heavy atom. The van der Waals surface area contributed by atoms with E-state index in [2.05, 4.69) is 15.0 Å². The van der Waals surface area contributed by atoms with Gasteiger partial charge in [0, 0.05) is 26.2 Å².